The average Bonchev–Trinajstić information content (AvgIpc) is 2.82. The summed E-state index contributed by atoms with van der Waals surface area (Å²) in [7, 11) is 0. The Labute approximate surface area is 112 Å². The molecule has 0 aliphatic carbocycles. The zero-order chi connectivity index (χ0) is 13.1. The van der Waals surface area contributed by atoms with Gasteiger partial charge in [-0.15, -0.1) is 10.2 Å². The van der Waals surface area contributed by atoms with Crippen molar-refractivity contribution in [2.24, 2.45) is 0 Å². The molecule has 1 aromatic carbocycles. The number of aromatic nitrogens is 2. The Bertz CT molecular complexity index is 534. The van der Waals surface area contributed by atoms with E-state index in [0.717, 1.165) is 16.6 Å². The van der Waals surface area contributed by atoms with Crippen molar-refractivity contribution in [3.63, 3.8) is 0 Å². The molecule has 0 saturated carbocycles. The third kappa shape index (κ3) is 2.76. The molecule has 3 nitrogen and oxygen atoms in total. The van der Waals surface area contributed by atoms with Gasteiger partial charge in [0.25, 0.3) is 0 Å². The van der Waals surface area contributed by atoms with Crippen LogP contribution in [0.3, 0.4) is 0 Å². The van der Waals surface area contributed by atoms with Gasteiger partial charge in [0.05, 0.1) is 6.04 Å². The standard InChI is InChI=1S/C14H19N3S/c1-5-15-11(4)13-16-17-14(18-13)12-8-9(2)6-7-10(12)3/h6-8,11,15H,5H2,1-4H3. The van der Waals surface area contributed by atoms with E-state index < -0.39 is 0 Å². The summed E-state index contributed by atoms with van der Waals surface area (Å²) in [5.74, 6) is 0. The largest absolute Gasteiger partial charge is 0.308 e. The SMILES string of the molecule is CCNC(C)c1nnc(-c2cc(C)ccc2C)s1. The van der Waals surface area contributed by atoms with Crippen molar-refractivity contribution in [3.05, 3.63) is 34.3 Å². The first-order valence-electron chi connectivity index (χ1n) is 6.26. The van der Waals surface area contributed by atoms with Crippen LogP contribution in [-0.4, -0.2) is 16.7 Å². The van der Waals surface area contributed by atoms with Crippen molar-refractivity contribution in [2.75, 3.05) is 6.54 Å². The van der Waals surface area contributed by atoms with Crippen LogP contribution >= 0.6 is 11.3 Å². The molecule has 1 aromatic heterocycles. The van der Waals surface area contributed by atoms with Crippen molar-refractivity contribution in [3.8, 4) is 10.6 Å². The van der Waals surface area contributed by atoms with Crippen LogP contribution < -0.4 is 5.32 Å². The molecule has 96 valence electrons. The fourth-order valence-corrected chi connectivity index (χ4v) is 2.83. The number of hydrogen-bond donors (Lipinski definition) is 1. The van der Waals surface area contributed by atoms with Gasteiger partial charge in [0.2, 0.25) is 0 Å². The van der Waals surface area contributed by atoms with Crippen molar-refractivity contribution < 1.29 is 0 Å². The smallest absolute Gasteiger partial charge is 0.148 e. The summed E-state index contributed by atoms with van der Waals surface area (Å²) >= 11 is 1.67. The van der Waals surface area contributed by atoms with Crippen LogP contribution in [0.5, 0.6) is 0 Å². The van der Waals surface area contributed by atoms with Gasteiger partial charge in [-0.05, 0) is 38.9 Å². The van der Waals surface area contributed by atoms with Gasteiger partial charge >= 0.3 is 0 Å². The third-order valence-corrected chi connectivity index (χ3v) is 4.08. The molecule has 1 unspecified atom stereocenters. The topological polar surface area (TPSA) is 37.8 Å². The van der Waals surface area contributed by atoms with Crippen LogP contribution in [0.25, 0.3) is 10.6 Å². The second-order valence-corrected chi connectivity index (χ2v) is 5.55. The van der Waals surface area contributed by atoms with E-state index >= 15 is 0 Å². The molecule has 2 rings (SSSR count). The molecule has 0 radical (unpaired) electrons. The van der Waals surface area contributed by atoms with E-state index in [-0.39, 0.29) is 6.04 Å². The normalized spacial score (nSPS) is 12.7. The van der Waals surface area contributed by atoms with Crippen molar-refractivity contribution in [1.29, 1.82) is 0 Å². The van der Waals surface area contributed by atoms with Crippen LogP contribution in [0.15, 0.2) is 18.2 Å². The van der Waals surface area contributed by atoms with E-state index in [4.69, 9.17) is 0 Å². The zero-order valence-corrected chi connectivity index (χ0v) is 12.1. The molecule has 2 aromatic rings. The molecule has 1 N–H and O–H groups in total. The maximum atomic E-state index is 4.32. The van der Waals surface area contributed by atoms with Gasteiger partial charge in [-0.2, -0.15) is 0 Å². The Morgan fingerprint density at radius 1 is 1.28 bits per heavy atom. The van der Waals surface area contributed by atoms with Crippen molar-refractivity contribution >= 4 is 11.3 Å². The third-order valence-electron chi connectivity index (χ3n) is 2.94. The van der Waals surface area contributed by atoms with E-state index in [0.29, 0.717) is 0 Å². The highest BCUT2D eigenvalue weighted by Gasteiger charge is 2.13. The Morgan fingerprint density at radius 3 is 2.78 bits per heavy atom. The Hall–Kier alpha value is -1.26. The van der Waals surface area contributed by atoms with Gasteiger partial charge < -0.3 is 5.32 Å². The van der Waals surface area contributed by atoms with Crippen LogP contribution in [0.4, 0.5) is 0 Å². The molecule has 1 heterocycles. The van der Waals surface area contributed by atoms with Gasteiger partial charge in [0, 0.05) is 5.56 Å². The van der Waals surface area contributed by atoms with Crippen LogP contribution in [0.2, 0.25) is 0 Å². The molecule has 0 fully saturated rings. The number of aryl methyl sites for hydroxylation is 2. The van der Waals surface area contributed by atoms with Gasteiger partial charge in [0.1, 0.15) is 10.0 Å². The lowest BCUT2D eigenvalue weighted by Crippen LogP contribution is -2.17. The van der Waals surface area contributed by atoms with Gasteiger partial charge in [-0.25, -0.2) is 0 Å². The first-order valence-corrected chi connectivity index (χ1v) is 7.08. The number of hydrogen-bond acceptors (Lipinski definition) is 4. The van der Waals surface area contributed by atoms with Gasteiger partial charge in [0.15, 0.2) is 0 Å². The second-order valence-electron chi connectivity index (χ2n) is 4.54. The monoisotopic (exact) mass is 261 g/mol. The quantitative estimate of drug-likeness (QED) is 0.915. The number of benzene rings is 1. The summed E-state index contributed by atoms with van der Waals surface area (Å²) in [5.41, 5.74) is 3.70. The van der Waals surface area contributed by atoms with Crippen LogP contribution in [-0.2, 0) is 0 Å². The Kier molecular flexibility index (Phi) is 4.09. The van der Waals surface area contributed by atoms with Crippen molar-refractivity contribution in [2.45, 2.75) is 33.7 Å². The number of nitrogens with zero attached hydrogens (tertiary/aromatic N) is 2. The number of nitrogens with one attached hydrogen (secondary N) is 1. The minimum absolute atomic E-state index is 0.270. The minimum Gasteiger partial charge on any atom is -0.308 e. The molecule has 0 saturated heterocycles. The molecule has 0 aliphatic rings. The second kappa shape index (κ2) is 5.59. The highest BCUT2D eigenvalue weighted by atomic mass is 32.1. The lowest BCUT2D eigenvalue weighted by atomic mass is 10.1. The zero-order valence-electron chi connectivity index (χ0n) is 11.3. The first kappa shape index (κ1) is 13.2. The van der Waals surface area contributed by atoms with Crippen molar-refractivity contribution in [1.82, 2.24) is 15.5 Å². The molecule has 18 heavy (non-hydrogen) atoms. The predicted octanol–water partition coefficient (Wildman–Crippen LogP) is 3.49. The summed E-state index contributed by atoms with van der Waals surface area (Å²) in [5, 5.41) is 14.0. The van der Waals surface area contributed by atoms with E-state index in [1.807, 2.05) is 0 Å². The summed E-state index contributed by atoms with van der Waals surface area (Å²) in [4.78, 5) is 0. The van der Waals surface area contributed by atoms with Gasteiger partial charge in [-0.3, -0.25) is 0 Å². The lowest BCUT2D eigenvalue weighted by Gasteiger charge is -2.06. The summed E-state index contributed by atoms with van der Waals surface area (Å²) in [6, 6.07) is 6.71. The Balaban J connectivity index is 2.32. The minimum atomic E-state index is 0.270. The molecular formula is C14H19N3S. The van der Waals surface area contributed by atoms with Crippen LogP contribution in [0.1, 0.15) is 36.0 Å². The van der Waals surface area contributed by atoms with Crippen LogP contribution in [0, 0.1) is 13.8 Å². The molecule has 1 atom stereocenters. The molecule has 4 heteroatoms. The van der Waals surface area contributed by atoms with E-state index in [9.17, 15) is 0 Å². The first-order chi connectivity index (χ1) is 8.61. The molecular weight excluding hydrogens is 242 g/mol. The maximum Gasteiger partial charge on any atom is 0.148 e. The van der Waals surface area contributed by atoms with Gasteiger partial charge in [-0.1, -0.05) is 36.0 Å². The lowest BCUT2D eigenvalue weighted by molar-refractivity contribution is 0.590. The highest BCUT2D eigenvalue weighted by Crippen LogP contribution is 2.29. The average molecular weight is 261 g/mol. The fourth-order valence-electron chi connectivity index (χ4n) is 1.88. The summed E-state index contributed by atoms with van der Waals surface area (Å²) in [6.07, 6.45) is 0. The Morgan fingerprint density at radius 2 is 2.06 bits per heavy atom. The highest BCUT2D eigenvalue weighted by molar-refractivity contribution is 7.14. The summed E-state index contributed by atoms with van der Waals surface area (Å²) in [6.45, 7) is 9.38. The predicted molar refractivity (Wildman–Crippen MR) is 76.9 cm³/mol. The molecule has 0 aliphatic heterocycles. The summed E-state index contributed by atoms with van der Waals surface area (Å²) < 4.78 is 0. The molecule has 0 amide bonds. The molecule has 0 spiro atoms. The maximum absolute atomic E-state index is 4.32. The fraction of sp³-hybridized carbons (Fsp3) is 0.429. The van der Waals surface area contributed by atoms with E-state index in [1.54, 1.807) is 11.3 Å². The number of rotatable bonds is 4. The van der Waals surface area contributed by atoms with E-state index in [1.165, 1.54) is 16.7 Å². The molecule has 0 bridgehead atoms. The van der Waals surface area contributed by atoms with E-state index in [2.05, 4.69) is 61.4 Å².